The van der Waals surface area contributed by atoms with Gasteiger partial charge < -0.3 is 15.3 Å². The van der Waals surface area contributed by atoms with Crippen LogP contribution in [-0.4, -0.2) is 38.5 Å². The van der Waals surface area contributed by atoms with Gasteiger partial charge in [-0.05, 0) is 110 Å². The first-order valence-corrected chi connectivity index (χ1v) is 14.8. The molecule has 0 amide bonds. The number of aromatic carboxylic acids is 1. The van der Waals surface area contributed by atoms with Crippen LogP contribution in [0.4, 0.5) is 0 Å². The van der Waals surface area contributed by atoms with Crippen molar-refractivity contribution in [3.63, 3.8) is 0 Å². The second kappa shape index (κ2) is 10.1. The molecule has 4 aliphatic carbocycles. The Morgan fingerprint density at radius 3 is 2.57 bits per heavy atom. The van der Waals surface area contributed by atoms with Gasteiger partial charge >= 0.3 is 5.97 Å². The number of hydrogen-bond acceptors (Lipinski definition) is 4. The van der Waals surface area contributed by atoms with Crippen LogP contribution >= 0.6 is 0 Å². The number of carboxylic acids is 1. The predicted octanol–water partition coefficient (Wildman–Crippen LogP) is 6.45. The summed E-state index contributed by atoms with van der Waals surface area (Å²) in [6, 6.07) is 1.56. The van der Waals surface area contributed by atoms with Gasteiger partial charge in [0.25, 0.3) is 0 Å². The Hall–Kier alpha value is -1.72. The van der Waals surface area contributed by atoms with E-state index in [0.29, 0.717) is 52.6 Å². The first kappa shape index (κ1) is 26.9. The zero-order valence-electron chi connectivity index (χ0n) is 23.1. The largest absolute Gasteiger partial charge is 0.478 e. The second-order valence-electron chi connectivity index (χ2n) is 13.5. The van der Waals surface area contributed by atoms with Crippen molar-refractivity contribution in [2.45, 2.75) is 97.7 Å². The lowest BCUT2D eigenvalue weighted by Gasteiger charge is -2.64. The van der Waals surface area contributed by atoms with Gasteiger partial charge in [0, 0.05) is 18.0 Å². The Labute approximate surface area is 222 Å². The number of fused-ring (bicyclic) bond motifs is 5. The molecular weight excluding hydrogens is 462 g/mol. The van der Waals surface area contributed by atoms with Gasteiger partial charge in [-0.2, -0.15) is 0 Å². The van der Waals surface area contributed by atoms with Crippen molar-refractivity contribution in [3.05, 3.63) is 35.7 Å². The number of aliphatic hydroxyl groups is 2. The van der Waals surface area contributed by atoms with Crippen LogP contribution < -0.4 is 0 Å². The molecule has 5 rings (SSSR count). The molecule has 3 N–H and O–H groups in total. The number of aliphatic hydroxyl groups excluding tert-OH is 2. The molecule has 1 aromatic rings. The van der Waals surface area contributed by atoms with Crippen LogP contribution in [-0.2, 0) is 0 Å². The molecule has 0 aromatic carbocycles. The summed E-state index contributed by atoms with van der Waals surface area (Å²) in [4.78, 5) is 15.7. The third-order valence-corrected chi connectivity index (χ3v) is 12.0. The highest BCUT2D eigenvalue weighted by Crippen LogP contribution is 2.69. The molecule has 0 aliphatic heterocycles. The zero-order chi connectivity index (χ0) is 26.5. The number of hydrogen-bond donors (Lipinski definition) is 3. The van der Waals surface area contributed by atoms with Crippen LogP contribution in [0, 0.1) is 52.3 Å². The lowest BCUT2D eigenvalue weighted by Crippen LogP contribution is -2.62. The van der Waals surface area contributed by atoms with E-state index >= 15 is 0 Å². The van der Waals surface area contributed by atoms with Crippen LogP contribution in [0.15, 0.2) is 24.5 Å². The van der Waals surface area contributed by atoms with E-state index in [1.165, 1.54) is 31.9 Å². The van der Waals surface area contributed by atoms with E-state index in [4.69, 9.17) is 0 Å². The number of pyridine rings is 1. The fourth-order valence-electron chi connectivity index (χ4n) is 10.2. The van der Waals surface area contributed by atoms with Gasteiger partial charge in [0.15, 0.2) is 0 Å². The van der Waals surface area contributed by atoms with Gasteiger partial charge in [-0.25, -0.2) is 4.79 Å². The van der Waals surface area contributed by atoms with E-state index in [1.807, 2.05) is 6.08 Å². The summed E-state index contributed by atoms with van der Waals surface area (Å²) >= 11 is 0. The summed E-state index contributed by atoms with van der Waals surface area (Å²) in [5, 5.41) is 31.9. The third-order valence-electron chi connectivity index (χ3n) is 12.0. The summed E-state index contributed by atoms with van der Waals surface area (Å²) in [5.41, 5.74) is 1.44. The molecule has 0 saturated heterocycles. The molecule has 11 atom stereocenters. The lowest BCUT2D eigenvalue weighted by molar-refractivity contribution is -0.203. The Kier molecular flexibility index (Phi) is 7.34. The molecule has 0 bridgehead atoms. The van der Waals surface area contributed by atoms with Crippen LogP contribution in [0.1, 0.15) is 101 Å². The van der Waals surface area contributed by atoms with Crippen molar-refractivity contribution in [3.8, 4) is 0 Å². The number of aromatic nitrogens is 1. The highest BCUT2D eigenvalue weighted by atomic mass is 16.4. The van der Waals surface area contributed by atoms with Gasteiger partial charge in [0.2, 0.25) is 0 Å². The minimum Gasteiger partial charge on any atom is -0.478 e. The number of rotatable bonds is 6. The third kappa shape index (κ3) is 4.38. The molecule has 4 aliphatic rings. The summed E-state index contributed by atoms with van der Waals surface area (Å²) in [6.07, 6.45) is 16.4. The number of carboxylic acid groups (broad SMARTS) is 1. The molecule has 5 nitrogen and oxygen atoms in total. The summed E-state index contributed by atoms with van der Waals surface area (Å²) in [6.45, 7) is 9.62. The normalized spacial score (nSPS) is 44.2. The molecule has 4 fully saturated rings. The molecule has 0 radical (unpaired) electrons. The van der Waals surface area contributed by atoms with Crippen LogP contribution in [0.3, 0.4) is 0 Å². The van der Waals surface area contributed by atoms with Crippen molar-refractivity contribution in [2.75, 3.05) is 0 Å². The summed E-state index contributed by atoms with van der Waals surface area (Å²) in [5.74, 6) is 2.44. The monoisotopic (exact) mass is 509 g/mol. The quantitative estimate of drug-likeness (QED) is 0.410. The van der Waals surface area contributed by atoms with Crippen LogP contribution in [0.25, 0.3) is 6.08 Å². The molecule has 1 heterocycles. The van der Waals surface area contributed by atoms with E-state index < -0.39 is 5.97 Å². The topological polar surface area (TPSA) is 90.7 Å². The van der Waals surface area contributed by atoms with Crippen molar-refractivity contribution in [1.82, 2.24) is 4.98 Å². The molecule has 204 valence electrons. The van der Waals surface area contributed by atoms with Gasteiger partial charge in [0.1, 0.15) is 0 Å². The lowest BCUT2D eigenvalue weighted by atomic mass is 9.41. The standard InChI is InChI=1S/C32H47NO4/c1-5-22-27-17-21(34)11-14-32(27,4)26-12-15-31(3)24(9-10-25(31)28(26)29(22)35)19(2)7-6-8-20-18-33-16-13-23(20)30(36)37/h6,8,13,16,18-19,21-22,24-29,34-35H,5,7,9-12,14-15,17H2,1-4H3,(H,36,37)/b8-6+/t19-,21-,22-,24-,25+,26+,27+,28+,29-,31-,32-/m1/s1. The minimum absolute atomic E-state index is 0.201. The van der Waals surface area contributed by atoms with Crippen molar-refractivity contribution in [2.24, 2.45) is 52.3 Å². The van der Waals surface area contributed by atoms with Crippen LogP contribution in [0.2, 0.25) is 0 Å². The number of nitrogens with zero attached hydrogens (tertiary/aromatic N) is 1. The van der Waals surface area contributed by atoms with Crippen molar-refractivity contribution >= 4 is 12.0 Å². The van der Waals surface area contributed by atoms with Crippen molar-refractivity contribution in [1.29, 1.82) is 0 Å². The van der Waals surface area contributed by atoms with E-state index in [1.54, 1.807) is 12.3 Å². The Bertz CT molecular complexity index is 1020. The summed E-state index contributed by atoms with van der Waals surface area (Å²) in [7, 11) is 0. The fourth-order valence-corrected chi connectivity index (χ4v) is 10.2. The highest BCUT2D eigenvalue weighted by Gasteiger charge is 2.64. The van der Waals surface area contributed by atoms with Gasteiger partial charge in [-0.3, -0.25) is 4.98 Å². The molecule has 37 heavy (non-hydrogen) atoms. The Balaban J connectivity index is 1.34. The van der Waals surface area contributed by atoms with E-state index in [9.17, 15) is 20.1 Å². The maximum Gasteiger partial charge on any atom is 0.336 e. The molecule has 4 saturated carbocycles. The molecule has 5 heteroatoms. The number of allylic oxidation sites excluding steroid dienone is 1. The maximum absolute atomic E-state index is 11.9. The molecular formula is C32H47NO4. The second-order valence-corrected chi connectivity index (χ2v) is 13.5. The van der Waals surface area contributed by atoms with E-state index in [2.05, 4.69) is 38.8 Å². The fraction of sp³-hybridized carbons (Fsp3) is 0.750. The summed E-state index contributed by atoms with van der Waals surface area (Å²) < 4.78 is 0. The highest BCUT2D eigenvalue weighted by molar-refractivity contribution is 5.91. The Morgan fingerprint density at radius 2 is 1.84 bits per heavy atom. The van der Waals surface area contributed by atoms with Gasteiger partial charge in [-0.1, -0.05) is 46.3 Å². The first-order valence-electron chi connectivity index (χ1n) is 14.8. The van der Waals surface area contributed by atoms with Gasteiger partial charge in [-0.15, -0.1) is 0 Å². The minimum atomic E-state index is -0.919. The van der Waals surface area contributed by atoms with Crippen LogP contribution in [0.5, 0.6) is 0 Å². The average molecular weight is 510 g/mol. The van der Waals surface area contributed by atoms with Gasteiger partial charge in [0.05, 0.1) is 17.8 Å². The zero-order valence-corrected chi connectivity index (χ0v) is 23.1. The SMILES string of the molecule is CC[C@H]1[C@@H](O)[C@@H]2[C@H](CC[C@]3(C)[C@@H]([C@H](C)C/C=C/c4cnccc4C(=O)O)CC[C@@H]23)[C@@]2(C)CC[C@@H](O)C[C@@H]12. The average Bonchev–Trinajstić information content (AvgIpc) is 3.22. The molecule has 1 aromatic heterocycles. The van der Waals surface area contributed by atoms with E-state index in [-0.39, 0.29) is 23.0 Å². The first-order chi connectivity index (χ1) is 17.6. The smallest absolute Gasteiger partial charge is 0.336 e. The maximum atomic E-state index is 11.9. The Morgan fingerprint density at radius 1 is 1.11 bits per heavy atom. The molecule has 0 spiro atoms. The van der Waals surface area contributed by atoms with Crippen molar-refractivity contribution < 1.29 is 20.1 Å². The number of carbonyl (C=O) groups is 1. The van der Waals surface area contributed by atoms with E-state index in [0.717, 1.165) is 32.1 Å². The molecule has 0 unspecified atom stereocenters. The predicted molar refractivity (Wildman–Crippen MR) is 146 cm³/mol.